The van der Waals surface area contributed by atoms with E-state index in [1.807, 2.05) is 0 Å². The average Bonchev–Trinajstić information content (AvgIpc) is 2.27. The van der Waals surface area contributed by atoms with Crippen molar-refractivity contribution in [2.45, 2.75) is 25.9 Å². The number of carboxylic acid groups (broad SMARTS) is 1. The smallest absolute Gasteiger partial charge is 0.407 e. The topological polar surface area (TPSA) is 47.0 Å². The van der Waals surface area contributed by atoms with Gasteiger partial charge in [-0.1, -0.05) is 0 Å². The Bertz CT molecular complexity index is 270. The molecule has 5 heteroatoms. The van der Waals surface area contributed by atoms with Crippen LogP contribution < -0.4 is 0 Å². The normalized spacial score (nSPS) is 28.2. The highest BCUT2D eigenvalue weighted by Gasteiger charge is 2.34. The van der Waals surface area contributed by atoms with Gasteiger partial charge in [-0.15, -0.1) is 0 Å². The lowest BCUT2D eigenvalue weighted by Gasteiger charge is -2.47. The van der Waals surface area contributed by atoms with Crippen molar-refractivity contribution >= 4 is 6.09 Å². The Hall–Kier alpha value is -0.810. The summed E-state index contributed by atoms with van der Waals surface area (Å²) >= 11 is 0. The Morgan fingerprint density at radius 3 is 2.50 bits per heavy atom. The predicted octanol–water partition coefficient (Wildman–Crippen LogP) is 0.375. The van der Waals surface area contributed by atoms with E-state index in [0.717, 1.165) is 26.2 Å². The molecule has 1 unspecified atom stereocenters. The Labute approximate surface area is 96.6 Å². The van der Waals surface area contributed by atoms with Gasteiger partial charge in [0.05, 0.1) is 0 Å². The van der Waals surface area contributed by atoms with Crippen molar-refractivity contribution in [1.82, 2.24) is 14.7 Å². The molecule has 16 heavy (non-hydrogen) atoms. The van der Waals surface area contributed by atoms with Crippen molar-refractivity contribution < 1.29 is 9.90 Å². The maximum Gasteiger partial charge on any atom is 0.407 e. The first-order chi connectivity index (χ1) is 7.58. The van der Waals surface area contributed by atoms with Crippen molar-refractivity contribution in [3.63, 3.8) is 0 Å². The number of rotatable bonds is 1. The summed E-state index contributed by atoms with van der Waals surface area (Å²) in [6.07, 6.45) is -0.777. The molecule has 0 spiro atoms. The fraction of sp³-hybridized carbons (Fsp3) is 0.909. The van der Waals surface area contributed by atoms with Crippen LogP contribution in [0.15, 0.2) is 0 Å². The third-order valence-corrected chi connectivity index (χ3v) is 3.73. The van der Waals surface area contributed by atoms with Crippen molar-refractivity contribution in [3.8, 4) is 0 Å². The molecule has 2 heterocycles. The second-order valence-electron chi connectivity index (χ2n) is 5.01. The third kappa shape index (κ3) is 2.30. The van der Waals surface area contributed by atoms with Crippen LogP contribution in [0.4, 0.5) is 4.79 Å². The van der Waals surface area contributed by atoms with Gasteiger partial charge in [-0.2, -0.15) is 0 Å². The number of hydrogen-bond acceptors (Lipinski definition) is 3. The van der Waals surface area contributed by atoms with E-state index in [1.165, 1.54) is 0 Å². The number of amides is 1. The minimum Gasteiger partial charge on any atom is -0.465 e. The van der Waals surface area contributed by atoms with E-state index in [0.29, 0.717) is 25.2 Å². The fourth-order valence-corrected chi connectivity index (χ4v) is 2.62. The lowest BCUT2D eigenvalue weighted by Crippen LogP contribution is -2.63. The summed E-state index contributed by atoms with van der Waals surface area (Å²) in [4.78, 5) is 17.4. The monoisotopic (exact) mass is 227 g/mol. The zero-order chi connectivity index (χ0) is 11.7. The van der Waals surface area contributed by atoms with Gasteiger partial charge in [0.15, 0.2) is 0 Å². The number of hydrogen-bond donors (Lipinski definition) is 1. The van der Waals surface area contributed by atoms with Gasteiger partial charge in [-0.05, 0) is 13.8 Å². The average molecular weight is 227 g/mol. The van der Waals surface area contributed by atoms with Crippen LogP contribution in [0.2, 0.25) is 0 Å². The standard InChI is InChI=1S/C11H21N3O2/c1-9(2)13-5-3-12-4-6-14(11(15)16)8-10(12)7-13/h9-10H,3-8H2,1-2H3,(H,15,16). The summed E-state index contributed by atoms with van der Waals surface area (Å²) in [6, 6.07) is 0.948. The van der Waals surface area contributed by atoms with Crippen LogP contribution in [0.3, 0.4) is 0 Å². The molecule has 2 aliphatic rings. The Morgan fingerprint density at radius 1 is 1.19 bits per heavy atom. The molecule has 92 valence electrons. The summed E-state index contributed by atoms with van der Waals surface area (Å²) in [6.45, 7) is 9.81. The number of piperazine rings is 2. The van der Waals surface area contributed by atoms with Gasteiger partial charge in [-0.25, -0.2) is 4.79 Å². The highest BCUT2D eigenvalue weighted by Crippen LogP contribution is 2.17. The molecule has 2 rings (SSSR count). The molecular weight excluding hydrogens is 206 g/mol. The molecule has 1 atom stereocenters. The van der Waals surface area contributed by atoms with E-state index < -0.39 is 6.09 Å². The minimum atomic E-state index is -0.777. The van der Waals surface area contributed by atoms with E-state index in [1.54, 1.807) is 4.90 Å². The van der Waals surface area contributed by atoms with Crippen LogP contribution in [0.1, 0.15) is 13.8 Å². The van der Waals surface area contributed by atoms with Gasteiger partial charge in [-0.3, -0.25) is 9.80 Å². The first-order valence-electron chi connectivity index (χ1n) is 6.04. The zero-order valence-electron chi connectivity index (χ0n) is 10.1. The molecule has 0 aliphatic carbocycles. The SMILES string of the molecule is CC(C)N1CCN2CCN(C(=O)O)CC2C1. The molecule has 0 aromatic rings. The third-order valence-electron chi connectivity index (χ3n) is 3.73. The van der Waals surface area contributed by atoms with Crippen LogP contribution in [-0.4, -0.2) is 77.3 Å². The minimum absolute atomic E-state index is 0.390. The van der Waals surface area contributed by atoms with Crippen molar-refractivity contribution in [1.29, 1.82) is 0 Å². The maximum atomic E-state index is 10.9. The molecular formula is C11H21N3O2. The molecule has 2 aliphatic heterocycles. The lowest BCUT2D eigenvalue weighted by molar-refractivity contribution is 0.00590. The van der Waals surface area contributed by atoms with Gasteiger partial charge in [0.25, 0.3) is 0 Å². The highest BCUT2D eigenvalue weighted by atomic mass is 16.4. The summed E-state index contributed by atoms with van der Waals surface area (Å²) in [7, 11) is 0. The van der Waals surface area contributed by atoms with Crippen molar-refractivity contribution in [2.24, 2.45) is 0 Å². The molecule has 1 N–H and O–H groups in total. The summed E-state index contributed by atoms with van der Waals surface area (Å²) in [5.74, 6) is 0. The van der Waals surface area contributed by atoms with Crippen LogP contribution >= 0.6 is 0 Å². The van der Waals surface area contributed by atoms with Gasteiger partial charge in [0, 0.05) is 51.4 Å². The molecule has 2 saturated heterocycles. The Kier molecular flexibility index (Phi) is 3.35. The van der Waals surface area contributed by atoms with E-state index in [4.69, 9.17) is 5.11 Å². The van der Waals surface area contributed by atoms with Gasteiger partial charge < -0.3 is 10.0 Å². The van der Waals surface area contributed by atoms with Crippen molar-refractivity contribution in [2.75, 3.05) is 39.3 Å². The van der Waals surface area contributed by atoms with E-state index >= 15 is 0 Å². The Balaban J connectivity index is 1.96. The molecule has 0 bridgehead atoms. The Morgan fingerprint density at radius 2 is 1.88 bits per heavy atom. The van der Waals surface area contributed by atoms with E-state index in [-0.39, 0.29) is 0 Å². The van der Waals surface area contributed by atoms with E-state index in [9.17, 15) is 4.79 Å². The first kappa shape index (κ1) is 11.7. The number of nitrogens with zero attached hydrogens (tertiary/aromatic N) is 3. The quantitative estimate of drug-likeness (QED) is 0.703. The molecule has 2 fully saturated rings. The fourth-order valence-electron chi connectivity index (χ4n) is 2.62. The largest absolute Gasteiger partial charge is 0.465 e. The van der Waals surface area contributed by atoms with Crippen molar-refractivity contribution in [3.05, 3.63) is 0 Å². The van der Waals surface area contributed by atoms with Gasteiger partial charge in [0.2, 0.25) is 0 Å². The zero-order valence-corrected chi connectivity index (χ0v) is 10.1. The summed E-state index contributed by atoms with van der Waals surface area (Å²) in [5.41, 5.74) is 0. The molecule has 1 amide bonds. The van der Waals surface area contributed by atoms with Crippen LogP contribution in [0.25, 0.3) is 0 Å². The van der Waals surface area contributed by atoms with Crippen LogP contribution in [0.5, 0.6) is 0 Å². The predicted molar refractivity (Wildman–Crippen MR) is 61.7 cm³/mol. The molecule has 0 saturated carbocycles. The number of fused-ring (bicyclic) bond motifs is 1. The first-order valence-corrected chi connectivity index (χ1v) is 6.04. The molecule has 0 aromatic carbocycles. The molecule has 0 aromatic heterocycles. The lowest BCUT2D eigenvalue weighted by atomic mass is 10.1. The van der Waals surface area contributed by atoms with Crippen LogP contribution in [-0.2, 0) is 0 Å². The number of carbonyl (C=O) groups is 1. The van der Waals surface area contributed by atoms with Gasteiger partial charge >= 0.3 is 6.09 Å². The van der Waals surface area contributed by atoms with E-state index in [2.05, 4.69) is 23.6 Å². The summed E-state index contributed by atoms with van der Waals surface area (Å²) < 4.78 is 0. The highest BCUT2D eigenvalue weighted by molar-refractivity contribution is 5.65. The van der Waals surface area contributed by atoms with Crippen LogP contribution in [0, 0.1) is 0 Å². The van der Waals surface area contributed by atoms with Gasteiger partial charge in [0.1, 0.15) is 0 Å². The second kappa shape index (κ2) is 4.59. The maximum absolute atomic E-state index is 10.9. The summed E-state index contributed by atoms with van der Waals surface area (Å²) in [5, 5.41) is 9.00. The molecule has 0 radical (unpaired) electrons. The molecule has 5 nitrogen and oxygen atoms in total. The second-order valence-corrected chi connectivity index (χ2v) is 5.01.